The first-order valence-electron chi connectivity index (χ1n) is 9.65. The minimum Gasteiger partial charge on any atom is -0.481 e. The molecule has 1 amide bonds. The monoisotopic (exact) mass is 391 g/mol. The Labute approximate surface area is 165 Å². The molecule has 1 fully saturated rings. The fraction of sp³-hybridized carbons (Fsp3) is 0.524. The lowest BCUT2D eigenvalue weighted by Crippen LogP contribution is -2.31. The Kier molecular flexibility index (Phi) is 8.97. The average molecular weight is 391 g/mol. The van der Waals surface area contributed by atoms with Gasteiger partial charge in [-0.25, -0.2) is 4.79 Å². The number of carboxylic acid groups (broad SMARTS) is 1. The minimum absolute atomic E-state index is 0.0381. The molecule has 1 aliphatic carbocycles. The van der Waals surface area contributed by atoms with Crippen molar-refractivity contribution < 1.29 is 29.6 Å². The molecule has 0 radical (unpaired) electrons. The molecule has 7 nitrogen and oxygen atoms in total. The van der Waals surface area contributed by atoms with E-state index in [1.165, 1.54) is 0 Å². The van der Waals surface area contributed by atoms with Crippen molar-refractivity contribution in [1.82, 2.24) is 5.32 Å². The Morgan fingerprint density at radius 2 is 1.82 bits per heavy atom. The van der Waals surface area contributed by atoms with Crippen molar-refractivity contribution in [2.75, 3.05) is 6.61 Å². The number of unbranched alkanes of at least 4 members (excludes halogenated alkanes) is 1. The van der Waals surface area contributed by atoms with E-state index in [1.54, 1.807) is 0 Å². The van der Waals surface area contributed by atoms with Gasteiger partial charge in [0.25, 0.3) is 0 Å². The molecule has 4 unspecified atom stereocenters. The molecule has 1 aliphatic rings. The number of alkyl carbamates (subject to hydrolysis) is 1. The Morgan fingerprint density at radius 1 is 1.11 bits per heavy atom. The second-order valence-electron chi connectivity index (χ2n) is 7.13. The van der Waals surface area contributed by atoms with Crippen LogP contribution < -0.4 is 5.32 Å². The van der Waals surface area contributed by atoms with E-state index in [0.29, 0.717) is 25.8 Å². The van der Waals surface area contributed by atoms with Gasteiger partial charge in [-0.05, 0) is 37.2 Å². The number of aliphatic carboxylic acids is 1. The summed E-state index contributed by atoms with van der Waals surface area (Å²) in [6.07, 6.45) is 4.02. The predicted molar refractivity (Wildman–Crippen MR) is 103 cm³/mol. The molecule has 1 saturated carbocycles. The molecule has 4 atom stereocenters. The highest BCUT2D eigenvalue weighted by molar-refractivity contribution is 5.67. The molecule has 0 bridgehead atoms. The number of hydrogen-bond donors (Lipinski definition) is 4. The highest BCUT2D eigenvalue weighted by Gasteiger charge is 2.41. The van der Waals surface area contributed by atoms with Crippen LogP contribution in [-0.4, -0.2) is 46.2 Å². The van der Waals surface area contributed by atoms with Crippen LogP contribution >= 0.6 is 0 Å². The lowest BCUT2D eigenvalue weighted by atomic mass is 9.91. The van der Waals surface area contributed by atoms with Crippen molar-refractivity contribution >= 4 is 12.1 Å². The van der Waals surface area contributed by atoms with E-state index in [-0.39, 0.29) is 31.3 Å². The highest BCUT2D eigenvalue weighted by atomic mass is 16.5. The number of benzene rings is 1. The smallest absolute Gasteiger partial charge is 0.407 e. The maximum Gasteiger partial charge on any atom is 0.407 e. The average Bonchev–Trinajstić information content (AvgIpc) is 2.94. The topological polar surface area (TPSA) is 116 Å². The summed E-state index contributed by atoms with van der Waals surface area (Å²) in [6, 6.07) is 9.47. The molecule has 154 valence electrons. The number of carbonyl (C=O) groups is 2. The van der Waals surface area contributed by atoms with E-state index in [0.717, 1.165) is 5.56 Å². The summed E-state index contributed by atoms with van der Waals surface area (Å²) in [5, 5.41) is 31.7. The van der Waals surface area contributed by atoms with E-state index in [4.69, 9.17) is 9.84 Å². The van der Waals surface area contributed by atoms with Crippen molar-refractivity contribution in [2.24, 2.45) is 11.8 Å². The Balaban J connectivity index is 1.75. The molecule has 0 spiro atoms. The second-order valence-corrected chi connectivity index (χ2v) is 7.13. The van der Waals surface area contributed by atoms with Crippen molar-refractivity contribution in [3.63, 3.8) is 0 Å². The number of hydrogen-bond acceptors (Lipinski definition) is 5. The number of aliphatic hydroxyl groups is 2. The molecule has 0 saturated heterocycles. The van der Waals surface area contributed by atoms with Gasteiger partial charge in [0.05, 0.1) is 18.8 Å². The third-order valence-corrected chi connectivity index (χ3v) is 5.04. The molecule has 2 rings (SSSR count). The van der Waals surface area contributed by atoms with Crippen molar-refractivity contribution in [3.8, 4) is 0 Å². The molecular formula is C21H29NO6. The number of allylic oxidation sites excluding steroid dienone is 2. The van der Waals surface area contributed by atoms with Gasteiger partial charge in [0, 0.05) is 18.9 Å². The van der Waals surface area contributed by atoms with Gasteiger partial charge in [0.1, 0.15) is 0 Å². The number of aliphatic hydroxyl groups excluding tert-OH is 2. The predicted octanol–water partition coefficient (Wildman–Crippen LogP) is 2.47. The van der Waals surface area contributed by atoms with Crippen LogP contribution in [0.5, 0.6) is 0 Å². The standard InChI is InChI=1S/C21H29NO6/c23-18-12-19(24)17(16(18)10-6-1-2-7-11-20(25)26)14-28-21(27)22-13-15-8-4-3-5-9-15/h1,3-6,8-9,16-19,23-24H,2,7,10-14H2,(H,22,27)(H,25,26)/b6-1+. The number of carbonyl (C=O) groups excluding carboxylic acids is 1. The first-order chi connectivity index (χ1) is 13.5. The molecule has 0 aromatic heterocycles. The van der Waals surface area contributed by atoms with E-state index in [1.807, 2.05) is 42.5 Å². The zero-order valence-electron chi connectivity index (χ0n) is 15.9. The number of rotatable bonds is 10. The van der Waals surface area contributed by atoms with E-state index in [9.17, 15) is 19.8 Å². The largest absolute Gasteiger partial charge is 0.481 e. The third kappa shape index (κ3) is 7.32. The second kappa shape index (κ2) is 11.5. The maximum absolute atomic E-state index is 11.9. The minimum atomic E-state index is -0.814. The van der Waals surface area contributed by atoms with Crippen LogP contribution in [0, 0.1) is 11.8 Å². The summed E-state index contributed by atoms with van der Waals surface area (Å²) in [7, 11) is 0. The quantitative estimate of drug-likeness (QED) is 0.360. The number of ether oxygens (including phenoxy) is 1. The molecule has 1 aromatic carbocycles. The molecule has 0 heterocycles. The zero-order chi connectivity index (χ0) is 20.4. The highest BCUT2D eigenvalue weighted by Crippen LogP contribution is 2.35. The number of amides is 1. The normalized spacial score (nSPS) is 24.4. The van der Waals surface area contributed by atoms with Crippen molar-refractivity contribution in [3.05, 3.63) is 48.0 Å². The summed E-state index contributed by atoms with van der Waals surface area (Å²) < 4.78 is 5.26. The summed E-state index contributed by atoms with van der Waals surface area (Å²) in [4.78, 5) is 22.4. The Bertz CT molecular complexity index is 648. The van der Waals surface area contributed by atoms with Gasteiger partial charge in [-0.3, -0.25) is 4.79 Å². The summed E-state index contributed by atoms with van der Waals surface area (Å²) in [5.74, 6) is -1.35. The van der Waals surface area contributed by atoms with Gasteiger partial charge in [0.2, 0.25) is 0 Å². The summed E-state index contributed by atoms with van der Waals surface area (Å²) in [6.45, 7) is 0.397. The maximum atomic E-state index is 11.9. The van der Waals surface area contributed by atoms with Gasteiger partial charge < -0.3 is 25.4 Å². The molecule has 0 aliphatic heterocycles. The summed E-state index contributed by atoms with van der Waals surface area (Å²) in [5.41, 5.74) is 0.960. The van der Waals surface area contributed by atoms with Gasteiger partial charge in [-0.2, -0.15) is 0 Å². The zero-order valence-corrected chi connectivity index (χ0v) is 15.9. The first-order valence-corrected chi connectivity index (χ1v) is 9.65. The lowest BCUT2D eigenvalue weighted by Gasteiger charge is -2.22. The summed E-state index contributed by atoms with van der Waals surface area (Å²) >= 11 is 0. The lowest BCUT2D eigenvalue weighted by molar-refractivity contribution is -0.137. The SMILES string of the molecule is O=C(O)CCC/C=C/CC1C(O)CC(O)C1COC(=O)NCc1ccccc1. The first kappa shape index (κ1) is 21.9. The van der Waals surface area contributed by atoms with Gasteiger partial charge >= 0.3 is 12.1 Å². The number of carboxylic acids is 1. The van der Waals surface area contributed by atoms with Crippen LogP contribution in [-0.2, 0) is 16.1 Å². The molecule has 7 heteroatoms. The van der Waals surface area contributed by atoms with Crippen LogP contribution in [0.2, 0.25) is 0 Å². The Morgan fingerprint density at radius 3 is 2.54 bits per heavy atom. The fourth-order valence-electron chi connectivity index (χ4n) is 3.47. The van der Waals surface area contributed by atoms with Crippen molar-refractivity contribution in [1.29, 1.82) is 0 Å². The van der Waals surface area contributed by atoms with Crippen LogP contribution in [0.15, 0.2) is 42.5 Å². The molecule has 4 N–H and O–H groups in total. The molecular weight excluding hydrogens is 362 g/mol. The molecule has 28 heavy (non-hydrogen) atoms. The molecule has 1 aromatic rings. The van der Waals surface area contributed by atoms with E-state index >= 15 is 0 Å². The van der Waals surface area contributed by atoms with Crippen LogP contribution in [0.25, 0.3) is 0 Å². The number of nitrogens with one attached hydrogen (secondary N) is 1. The van der Waals surface area contributed by atoms with E-state index in [2.05, 4.69) is 5.32 Å². The Hall–Kier alpha value is -2.38. The van der Waals surface area contributed by atoms with E-state index < -0.39 is 24.3 Å². The van der Waals surface area contributed by atoms with Gasteiger partial charge in [-0.1, -0.05) is 42.5 Å². The van der Waals surface area contributed by atoms with Crippen molar-refractivity contribution in [2.45, 2.75) is 50.9 Å². The van der Waals surface area contributed by atoms with Gasteiger partial charge in [0.15, 0.2) is 0 Å². The fourth-order valence-corrected chi connectivity index (χ4v) is 3.47. The van der Waals surface area contributed by atoms with Crippen LogP contribution in [0.3, 0.4) is 0 Å². The van der Waals surface area contributed by atoms with Crippen LogP contribution in [0.1, 0.15) is 37.7 Å². The van der Waals surface area contributed by atoms with Gasteiger partial charge in [-0.15, -0.1) is 0 Å². The van der Waals surface area contributed by atoms with Crippen LogP contribution in [0.4, 0.5) is 4.79 Å². The third-order valence-electron chi connectivity index (χ3n) is 5.04.